The molecule has 0 saturated carbocycles. The van der Waals surface area contributed by atoms with Gasteiger partial charge in [-0.05, 0) is 42.7 Å². The second-order valence-electron chi connectivity index (χ2n) is 10.6. The molecule has 0 aliphatic heterocycles. The van der Waals surface area contributed by atoms with E-state index in [1.807, 2.05) is 0 Å². The molecule has 0 saturated heterocycles. The van der Waals surface area contributed by atoms with Gasteiger partial charge in [0.25, 0.3) is 0 Å². The Balaban J connectivity index is 0.000000286. The topological polar surface area (TPSA) is 0 Å². The van der Waals surface area contributed by atoms with Crippen LogP contribution in [-0.2, 0) is 25.8 Å². The van der Waals surface area contributed by atoms with E-state index in [4.69, 9.17) is 0 Å². The van der Waals surface area contributed by atoms with E-state index in [0.29, 0.717) is 0 Å². The minimum Gasteiger partial charge on any atom is -1.00 e. The molecule has 0 aliphatic rings. The number of benzene rings is 4. The molecule has 5 heteroatoms. The van der Waals surface area contributed by atoms with Crippen molar-refractivity contribution in [2.24, 2.45) is 0 Å². The largest absolute Gasteiger partial charge is 4.00 e. The van der Waals surface area contributed by atoms with E-state index in [9.17, 15) is 0 Å². The maximum absolute atomic E-state index is 2.43. The number of fused-ring (bicyclic) bond motifs is 2. The van der Waals surface area contributed by atoms with Crippen molar-refractivity contribution in [1.82, 2.24) is 0 Å². The third-order valence-electron chi connectivity index (χ3n) is 7.92. The molecule has 0 nitrogen and oxygen atoms in total. The van der Waals surface area contributed by atoms with Crippen LogP contribution in [0, 0.1) is 0 Å². The Labute approximate surface area is 292 Å². The fourth-order valence-corrected chi connectivity index (χ4v) is 11.1. The molecule has 0 bridgehead atoms. The van der Waals surface area contributed by atoms with Gasteiger partial charge in [0.2, 0.25) is 0 Å². The Bertz CT molecular complexity index is 1510. The maximum Gasteiger partial charge on any atom is 4.00 e. The van der Waals surface area contributed by atoms with Crippen molar-refractivity contribution in [2.75, 3.05) is 0 Å². The molecule has 0 N–H and O–H groups in total. The summed E-state index contributed by atoms with van der Waals surface area (Å²) in [5.74, 6) is 0. The first-order chi connectivity index (χ1) is 19.6. The standard InChI is InChI=1S/C21H16P.C17H24P.2ClH.Hf/c1-3-11-19(12-4-1)22(20-13-5-2-6-14-20)21-15-17-9-7-8-10-18(17)16-21;1-5-13(3)18(14(4)6-2)17-11-15-9-7-8-10-16(15)12-17;;;/h1-16H;7-14H,5-6H2,1-4H3;2*1H;/q2*-1;;;+4/p-2. The summed E-state index contributed by atoms with van der Waals surface area (Å²) in [6.07, 6.45) is 2.58. The third kappa shape index (κ3) is 9.22. The van der Waals surface area contributed by atoms with Crippen LogP contribution in [0.2, 0.25) is 0 Å². The predicted octanol–water partition coefficient (Wildman–Crippen LogP) is 3.59. The van der Waals surface area contributed by atoms with Crippen molar-refractivity contribution >= 4 is 58.6 Å². The molecule has 6 rings (SSSR count). The second-order valence-corrected chi connectivity index (χ2v) is 15.9. The molecule has 2 atom stereocenters. The SMILES string of the molecule is CCC(C)P(c1cc2ccccc2[cH-]1)C(C)CC.[Cl-].[Cl-].[Hf+4].c1ccc(P(c2ccccc2)c2cc3ccccc3[cH-]2)cc1. The first-order valence-electron chi connectivity index (χ1n) is 14.6. The van der Waals surface area contributed by atoms with Crippen molar-refractivity contribution in [3.05, 3.63) is 133 Å². The van der Waals surface area contributed by atoms with Crippen LogP contribution in [0.25, 0.3) is 21.5 Å². The Hall–Kier alpha value is -1.59. The van der Waals surface area contributed by atoms with Gasteiger partial charge in [0.15, 0.2) is 0 Å². The van der Waals surface area contributed by atoms with Crippen molar-refractivity contribution < 1.29 is 50.7 Å². The molecule has 0 amide bonds. The molecule has 0 radical (unpaired) electrons. The third-order valence-corrected chi connectivity index (χ3v) is 13.8. The first-order valence-corrected chi connectivity index (χ1v) is 17.4. The first kappa shape index (κ1) is 37.6. The van der Waals surface area contributed by atoms with Crippen molar-refractivity contribution in [3.63, 3.8) is 0 Å². The molecule has 2 unspecified atom stereocenters. The Morgan fingerprint density at radius 3 is 1.33 bits per heavy atom. The van der Waals surface area contributed by atoms with E-state index < -0.39 is 7.92 Å². The molecule has 0 spiro atoms. The molecular formula is C38H40Cl2HfP2. The zero-order valence-electron chi connectivity index (χ0n) is 25.4. The summed E-state index contributed by atoms with van der Waals surface area (Å²) < 4.78 is 0. The summed E-state index contributed by atoms with van der Waals surface area (Å²) in [7, 11) is -0.518. The van der Waals surface area contributed by atoms with Crippen LogP contribution in [0.5, 0.6) is 0 Å². The van der Waals surface area contributed by atoms with E-state index in [2.05, 4.69) is 161 Å². The normalized spacial score (nSPS) is 12.7. The molecule has 220 valence electrons. The van der Waals surface area contributed by atoms with Gasteiger partial charge in [-0.1, -0.05) is 108 Å². The zero-order valence-corrected chi connectivity index (χ0v) is 32.3. The Kier molecular flexibility index (Phi) is 16.1. The van der Waals surface area contributed by atoms with Gasteiger partial charge in [-0.2, -0.15) is 12.1 Å². The predicted molar refractivity (Wildman–Crippen MR) is 184 cm³/mol. The molecule has 0 aromatic heterocycles. The van der Waals surface area contributed by atoms with Crippen LogP contribution in [0.15, 0.2) is 133 Å². The second kappa shape index (κ2) is 18.4. The van der Waals surface area contributed by atoms with Gasteiger partial charge in [0.05, 0.1) is 0 Å². The summed E-state index contributed by atoms with van der Waals surface area (Å²) in [5.41, 5.74) is 1.65. The maximum atomic E-state index is 2.43. The molecule has 43 heavy (non-hydrogen) atoms. The number of rotatable bonds is 8. The van der Waals surface area contributed by atoms with Gasteiger partial charge in [-0.15, -0.1) is 80.7 Å². The van der Waals surface area contributed by atoms with Crippen LogP contribution in [0.1, 0.15) is 40.5 Å². The van der Waals surface area contributed by atoms with Crippen LogP contribution in [0.4, 0.5) is 0 Å². The van der Waals surface area contributed by atoms with E-state index in [-0.39, 0.29) is 58.6 Å². The van der Waals surface area contributed by atoms with Gasteiger partial charge in [-0.25, -0.2) is 0 Å². The summed E-state index contributed by atoms with van der Waals surface area (Å²) >= 11 is 0. The monoisotopic (exact) mass is 808 g/mol. The number of hydrogen-bond donors (Lipinski definition) is 0. The van der Waals surface area contributed by atoms with Crippen LogP contribution < -0.4 is 46.0 Å². The fourth-order valence-electron chi connectivity index (χ4n) is 5.48. The average Bonchev–Trinajstić information content (AvgIpc) is 3.63. The van der Waals surface area contributed by atoms with Crippen LogP contribution in [0.3, 0.4) is 0 Å². The van der Waals surface area contributed by atoms with E-state index in [1.54, 1.807) is 5.30 Å². The molecule has 0 aliphatic carbocycles. The van der Waals surface area contributed by atoms with Gasteiger partial charge in [-0.3, -0.25) is 0 Å². The van der Waals surface area contributed by atoms with Gasteiger partial charge >= 0.3 is 25.8 Å². The molecule has 0 fully saturated rings. The smallest absolute Gasteiger partial charge is 1.00 e. The Morgan fingerprint density at radius 1 is 0.535 bits per heavy atom. The van der Waals surface area contributed by atoms with Gasteiger partial charge in [0.1, 0.15) is 0 Å². The number of hydrogen-bond acceptors (Lipinski definition) is 0. The Morgan fingerprint density at radius 2 is 0.907 bits per heavy atom. The molecular weight excluding hydrogens is 768 g/mol. The molecule has 6 aromatic rings. The molecule has 0 heterocycles. The van der Waals surface area contributed by atoms with E-state index in [0.717, 1.165) is 11.3 Å². The van der Waals surface area contributed by atoms with Gasteiger partial charge in [0, 0.05) is 0 Å². The zero-order chi connectivity index (χ0) is 27.9. The summed E-state index contributed by atoms with van der Waals surface area (Å²) in [6.45, 7) is 9.50. The van der Waals surface area contributed by atoms with Crippen molar-refractivity contribution in [2.45, 2.75) is 51.9 Å². The number of halogens is 2. The summed E-state index contributed by atoms with van der Waals surface area (Å²) in [4.78, 5) is 0. The van der Waals surface area contributed by atoms with Crippen LogP contribution in [-0.4, -0.2) is 11.3 Å². The minimum absolute atomic E-state index is 0. The molecule has 6 aromatic carbocycles. The van der Waals surface area contributed by atoms with Crippen molar-refractivity contribution in [1.29, 1.82) is 0 Å². The summed E-state index contributed by atoms with van der Waals surface area (Å²) in [6, 6.07) is 48.6. The average molecular weight is 808 g/mol. The quantitative estimate of drug-likeness (QED) is 0.126. The van der Waals surface area contributed by atoms with E-state index >= 15 is 0 Å². The summed E-state index contributed by atoms with van der Waals surface area (Å²) in [5, 5.41) is 11.3. The van der Waals surface area contributed by atoms with Crippen molar-refractivity contribution in [3.8, 4) is 0 Å². The van der Waals surface area contributed by atoms with Gasteiger partial charge < -0.3 is 24.8 Å². The van der Waals surface area contributed by atoms with E-state index in [1.165, 1.54) is 50.3 Å². The minimum atomic E-state index is -0.493. The van der Waals surface area contributed by atoms with Crippen LogP contribution >= 0.6 is 15.8 Å². The fraction of sp³-hybridized carbons (Fsp3) is 0.211.